The summed E-state index contributed by atoms with van der Waals surface area (Å²) in [6.07, 6.45) is 2.61. The molecule has 1 fully saturated rings. The Morgan fingerprint density at radius 1 is 1.04 bits per heavy atom. The second-order valence-electron chi connectivity index (χ2n) is 6.23. The van der Waals surface area contributed by atoms with Gasteiger partial charge in [0.25, 0.3) is 5.91 Å². The summed E-state index contributed by atoms with van der Waals surface area (Å²) in [5, 5.41) is 3.70. The number of benzene rings is 2. The van der Waals surface area contributed by atoms with Crippen molar-refractivity contribution in [3.63, 3.8) is 0 Å². The van der Waals surface area contributed by atoms with Gasteiger partial charge in [-0.25, -0.2) is 4.79 Å². The Labute approximate surface area is 145 Å². The van der Waals surface area contributed by atoms with E-state index in [1.54, 1.807) is 18.3 Å². The van der Waals surface area contributed by atoms with Crippen LogP contribution in [0.5, 0.6) is 0 Å². The minimum absolute atomic E-state index is 0.200. The summed E-state index contributed by atoms with van der Waals surface area (Å²) in [5.74, 6) is -0.792. The molecule has 1 aliphatic carbocycles. The molecule has 0 unspecified atom stereocenters. The molecule has 0 bridgehead atoms. The summed E-state index contributed by atoms with van der Waals surface area (Å²) < 4.78 is 5.61. The van der Waals surface area contributed by atoms with Crippen LogP contribution in [0.25, 0.3) is 10.9 Å². The van der Waals surface area contributed by atoms with E-state index in [0.29, 0.717) is 11.1 Å². The Balaban J connectivity index is 1.61. The van der Waals surface area contributed by atoms with Gasteiger partial charge in [-0.05, 0) is 18.9 Å². The summed E-state index contributed by atoms with van der Waals surface area (Å²) in [5.41, 5.74) is 1.94. The van der Waals surface area contributed by atoms with Gasteiger partial charge in [-0.1, -0.05) is 48.5 Å². The van der Waals surface area contributed by atoms with Gasteiger partial charge in [0.2, 0.25) is 6.10 Å². The van der Waals surface area contributed by atoms with Crippen LogP contribution >= 0.6 is 0 Å². The fourth-order valence-corrected chi connectivity index (χ4v) is 2.82. The van der Waals surface area contributed by atoms with Crippen molar-refractivity contribution in [1.29, 1.82) is 0 Å². The molecule has 126 valence electrons. The van der Waals surface area contributed by atoms with Gasteiger partial charge in [0, 0.05) is 28.7 Å². The zero-order valence-corrected chi connectivity index (χ0v) is 13.6. The summed E-state index contributed by atoms with van der Waals surface area (Å²) in [7, 11) is 0. The topological polar surface area (TPSA) is 71.2 Å². The van der Waals surface area contributed by atoms with Crippen molar-refractivity contribution in [3.8, 4) is 0 Å². The number of esters is 1. The Morgan fingerprint density at radius 2 is 1.76 bits per heavy atom. The summed E-state index contributed by atoms with van der Waals surface area (Å²) in [6, 6.07) is 16.8. The van der Waals surface area contributed by atoms with Crippen LogP contribution in [0.15, 0.2) is 60.8 Å². The number of rotatable bonds is 5. The van der Waals surface area contributed by atoms with Crippen LogP contribution in [0.3, 0.4) is 0 Å². The predicted octanol–water partition coefficient (Wildman–Crippen LogP) is 3.34. The van der Waals surface area contributed by atoms with Gasteiger partial charge in [0.05, 0.1) is 5.56 Å². The molecule has 1 atom stereocenters. The van der Waals surface area contributed by atoms with Crippen molar-refractivity contribution in [2.24, 2.45) is 0 Å². The number of fused-ring (bicyclic) bond motifs is 1. The van der Waals surface area contributed by atoms with Crippen molar-refractivity contribution in [1.82, 2.24) is 10.3 Å². The number of H-pyrrole nitrogens is 1. The van der Waals surface area contributed by atoms with Crippen LogP contribution in [0, 0.1) is 0 Å². The molecule has 1 amide bonds. The third-order valence-electron chi connectivity index (χ3n) is 4.30. The number of nitrogens with one attached hydrogen (secondary N) is 2. The highest BCUT2D eigenvalue weighted by atomic mass is 16.5. The maximum absolute atomic E-state index is 12.7. The fourth-order valence-electron chi connectivity index (χ4n) is 2.82. The highest BCUT2D eigenvalue weighted by molar-refractivity contribution is 6.04. The first kappa shape index (κ1) is 15.4. The maximum Gasteiger partial charge on any atom is 0.341 e. The van der Waals surface area contributed by atoms with E-state index in [1.807, 2.05) is 42.5 Å². The van der Waals surface area contributed by atoms with Crippen LogP contribution < -0.4 is 5.32 Å². The van der Waals surface area contributed by atoms with Gasteiger partial charge in [0.1, 0.15) is 0 Å². The van der Waals surface area contributed by atoms with Crippen molar-refractivity contribution >= 4 is 22.8 Å². The van der Waals surface area contributed by atoms with Crippen LogP contribution in [0.1, 0.15) is 34.9 Å². The zero-order chi connectivity index (χ0) is 17.2. The first-order valence-corrected chi connectivity index (χ1v) is 8.35. The lowest BCUT2D eigenvalue weighted by Gasteiger charge is -2.17. The minimum Gasteiger partial charge on any atom is -0.444 e. The quantitative estimate of drug-likeness (QED) is 0.703. The van der Waals surface area contributed by atoms with Crippen LogP contribution in [0.4, 0.5) is 0 Å². The molecule has 0 aliphatic heterocycles. The Hall–Kier alpha value is -3.08. The van der Waals surface area contributed by atoms with Gasteiger partial charge in [-0.3, -0.25) is 4.79 Å². The van der Waals surface area contributed by atoms with Crippen LogP contribution in [-0.2, 0) is 9.53 Å². The van der Waals surface area contributed by atoms with E-state index in [0.717, 1.165) is 23.7 Å². The Bertz CT molecular complexity index is 913. The number of ether oxygens (including phenoxy) is 1. The molecule has 3 aromatic rings. The number of carbonyl (C=O) groups excluding carboxylic acids is 2. The van der Waals surface area contributed by atoms with Crippen molar-refractivity contribution in [3.05, 3.63) is 71.9 Å². The van der Waals surface area contributed by atoms with E-state index < -0.39 is 12.1 Å². The molecule has 1 aliphatic rings. The first-order valence-electron chi connectivity index (χ1n) is 8.35. The van der Waals surface area contributed by atoms with Crippen molar-refractivity contribution in [2.45, 2.75) is 25.0 Å². The third kappa shape index (κ3) is 3.26. The molecular weight excluding hydrogens is 316 g/mol. The Morgan fingerprint density at radius 3 is 2.52 bits per heavy atom. The monoisotopic (exact) mass is 334 g/mol. The molecule has 1 saturated carbocycles. The smallest absolute Gasteiger partial charge is 0.341 e. The molecule has 0 radical (unpaired) electrons. The van der Waals surface area contributed by atoms with E-state index >= 15 is 0 Å². The molecule has 0 saturated heterocycles. The molecule has 25 heavy (non-hydrogen) atoms. The van der Waals surface area contributed by atoms with E-state index in [4.69, 9.17) is 4.74 Å². The lowest BCUT2D eigenvalue weighted by Crippen LogP contribution is -2.33. The minimum atomic E-state index is -0.956. The molecular formula is C20H18N2O3. The second-order valence-corrected chi connectivity index (χ2v) is 6.23. The van der Waals surface area contributed by atoms with E-state index in [1.165, 1.54) is 0 Å². The Kier molecular flexibility index (Phi) is 3.98. The van der Waals surface area contributed by atoms with Crippen LogP contribution in [-0.4, -0.2) is 22.9 Å². The van der Waals surface area contributed by atoms with E-state index in [2.05, 4.69) is 10.3 Å². The van der Waals surface area contributed by atoms with Gasteiger partial charge in [-0.15, -0.1) is 0 Å². The lowest BCUT2D eigenvalue weighted by molar-refractivity contribution is -0.130. The molecule has 0 spiro atoms. The molecule has 1 aromatic heterocycles. The SMILES string of the molecule is O=C(O[C@H](C(=O)NC1CC1)c1ccccc1)c1c[nH]c2ccccc12. The second kappa shape index (κ2) is 6.43. The normalized spacial score (nSPS) is 14.9. The molecule has 5 nitrogen and oxygen atoms in total. The maximum atomic E-state index is 12.7. The van der Waals surface area contributed by atoms with Crippen LogP contribution in [0.2, 0.25) is 0 Å². The molecule has 2 N–H and O–H groups in total. The summed E-state index contributed by atoms with van der Waals surface area (Å²) >= 11 is 0. The first-order chi connectivity index (χ1) is 12.2. The number of hydrogen-bond acceptors (Lipinski definition) is 3. The van der Waals surface area contributed by atoms with Crippen molar-refractivity contribution < 1.29 is 14.3 Å². The number of para-hydroxylation sites is 1. The highest BCUT2D eigenvalue weighted by Crippen LogP contribution is 2.25. The molecule has 4 rings (SSSR count). The van der Waals surface area contributed by atoms with Gasteiger partial charge < -0.3 is 15.0 Å². The fraction of sp³-hybridized carbons (Fsp3) is 0.200. The number of aromatic amines is 1. The third-order valence-corrected chi connectivity index (χ3v) is 4.30. The number of amides is 1. The van der Waals surface area contributed by atoms with Crippen molar-refractivity contribution in [2.75, 3.05) is 0 Å². The summed E-state index contributed by atoms with van der Waals surface area (Å²) in [6.45, 7) is 0. The highest BCUT2D eigenvalue weighted by Gasteiger charge is 2.31. The lowest BCUT2D eigenvalue weighted by atomic mass is 10.1. The number of aromatic nitrogens is 1. The number of hydrogen-bond donors (Lipinski definition) is 2. The van der Waals surface area contributed by atoms with Gasteiger partial charge in [0.15, 0.2) is 0 Å². The average Bonchev–Trinajstić information content (AvgIpc) is 3.35. The van der Waals surface area contributed by atoms with Gasteiger partial charge in [-0.2, -0.15) is 0 Å². The summed E-state index contributed by atoms with van der Waals surface area (Å²) in [4.78, 5) is 28.3. The zero-order valence-electron chi connectivity index (χ0n) is 13.6. The molecule has 2 aromatic carbocycles. The standard InChI is InChI=1S/C20H18N2O3/c23-19(22-14-10-11-14)18(13-6-2-1-3-7-13)25-20(24)16-12-21-17-9-5-4-8-15(16)17/h1-9,12,14,18,21H,10-11H2,(H,22,23)/t18-/m0/s1. The average molecular weight is 334 g/mol. The molecule has 1 heterocycles. The number of carbonyl (C=O) groups is 2. The molecule has 5 heteroatoms. The largest absolute Gasteiger partial charge is 0.444 e. The predicted molar refractivity (Wildman–Crippen MR) is 94.1 cm³/mol. The van der Waals surface area contributed by atoms with E-state index in [9.17, 15) is 9.59 Å². The van der Waals surface area contributed by atoms with Gasteiger partial charge >= 0.3 is 5.97 Å². The van der Waals surface area contributed by atoms with E-state index in [-0.39, 0.29) is 11.9 Å².